The molecule has 0 atom stereocenters. The topological polar surface area (TPSA) is 72.2 Å². The Labute approximate surface area is 115 Å². The van der Waals surface area contributed by atoms with Crippen molar-refractivity contribution in [1.29, 1.82) is 0 Å². The largest absolute Gasteiger partial charge is 0.383 e. The lowest BCUT2D eigenvalue weighted by Gasteiger charge is -2.28. The first kappa shape index (κ1) is 14.3. The smallest absolute Gasteiger partial charge is 0.240 e. The summed E-state index contributed by atoms with van der Waals surface area (Å²) in [6, 6.07) is 6.84. The molecular weight excluding hydrogens is 260 g/mol. The molecule has 106 valence electrons. The van der Waals surface area contributed by atoms with E-state index in [-0.39, 0.29) is 4.90 Å². The van der Waals surface area contributed by atoms with Gasteiger partial charge in [-0.1, -0.05) is 31.9 Å². The molecule has 0 aliphatic heterocycles. The summed E-state index contributed by atoms with van der Waals surface area (Å²) >= 11 is 0. The van der Waals surface area contributed by atoms with Crippen LogP contribution in [0, 0.1) is 5.41 Å². The van der Waals surface area contributed by atoms with E-state index in [1.807, 2.05) is 6.07 Å². The highest BCUT2D eigenvalue weighted by Gasteiger charge is 2.31. The van der Waals surface area contributed by atoms with Crippen molar-refractivity contribution in [3.8, 4) is 0 Å². The van der Waals surface area contributed by atoms with Gasteiger partial charge in [-0.3, -0.25) is 0 Å². The highest BCUT2D eigenvalue weighted by Crippen LogP contribution is 2.41. The summed E-state index contributed by atoms with van der Waals surface area (Å²) < 4.78 is 23.1. The Morgan fingerprint density at radius 3 is 2.47 bits per heavy atom. The minimum absolute atomic E-state index is 0.180. The molecule has 0 bridgehead atoms. The van der Waals surface area contributed by atoms with Crippen LogP contribution < -0.4 is 10.5 Å². The minimum Gasteiger partial charge on any atom is -0.383 e. The molecule has 1 aromatic rings. The van der Waals surface area contributed by atoms with Crippen molar-refractivity contribution in [2.24, 2.45) is 10.6 Å². The van der Waals surface area contributed by atoms with Gasteiger partial charge in [-0.05, 0) is 36.8 Å². The van der Waals surface area contributed by atoms with Gasteiger partial charge < -0.3 is 5.32 Å². The van der Waals surface area contributed by atoms with Gasteiger partial charge in [0.1, 0.15) is 4.90 Å². The van der Waals surface area contributed by atoms with Crippen LogP contribution in [-0.4, -0.2) is 15.0 Å². The molecular formula is C14H22N2O2S. The Kier molecular flexibility index (Phi) is 4.16. The quantitative estimate of drug-likeness (QED) is 0.872. The first-order chi connectivity index (χ1) is 8.97. The predicted molar refractivity (Wildman–Crippen MR) is 77.5 cm³/mol. The van der Waals surface area contributed by atoms with Gasteiger partial charge in [-0.15, -0.1) is 0 Å². The van der Waals surface area contributed by atoms with Crippen molar-refractivity contribution < 1.29 is 8.42 Å². The Hall–Kier alpha value is -1.07. The van der Waals surface area contributed by atoms with Gasteiger partial charge >= 0.3 is 0 Å². The van der Waals surface area contributed by atoms with Crippen LogP contribution in [0.4, 0.5) is 5.69 Å². The van der Waals surface area contributed by atoms with E-state index in [1.165, 1.54) is 25.7 Å². The van der Waals surface area contributed by atoms with Crippen LogP contribution in [0.25, 0.3) is 0 Å². The van der Waals surface area contributed by atoms with Gasteiger partial charge in [-0.2, -0.15) is 0 Å². The molecule has 0 amide bonds. The molecule has 1 saturated carbocycles. The van der Waals surface area contributed by atoms with Crippen molar-refractivity contribution in [3.63, 3.8) is 0 Å². The molecule has 0 spiro atoms. The molecule has 0 heterocycles. The molecule has 1 aliphatic rings. The van der Waals surface area contributed by atoms with Gasteiger partial charge in [0.15, 0.2) is 0 Å². The Morgan fingerprint density at radius 2 is 1.89 bits per heavy atom. The summed E-state index contributed by atoms with van der Waals surface area (Å²) in [6.07, 6.45) is 6.10. The van der Waals surface area contributed by atoms with Gasteiger partial charge in [-0.25, -0.2) is 13.6 Å². The van der Waals surface area contributed by atoms with E-state index in [1.54, 1.807) is 18.2 Å². The lowest BCUT2D eigenvalue weighted by atomic mass is 9.83. The number of benzene rings is 1. The number of primary sulfonamides is 1. The van der Waals surface area contributed by atoms with E-state index in [4.69, 9.17) is 5.14 Å². The molecule has 0 unspecified atom stereocenters. The van der Waals surface area contributed by atoms with Crippen LogP contribution in [0.1, 0.15) is 39.0 Å². The molecule has 4 nitrogen and oxygen atoms in total. The summed E-state index contributed by atoms with van der Waals surface area (Å²) in [5.41, 5.74) is 0.926. The van der Waals surface area contributed by atoms with Crippen LogP contribution in [-0.2, 0) is 10.0 Å². The van der Waals surface area contributed by atoms with Crippen LogP contribution in [0.3, 0.4) is 0 Å². The number of nitrogens with one attached hydrogen (secondary N) is 1. The van der Waals surface area contributed by atoms with Gasteiger partial charge in [0.2, 0.25) is 10.0 Å². The average Bonchev–Trinajstić information content (AvgIpc) is 2.85. The summed E-state index contributed by atoms with van der Waals surface area (Å²) in [5, 5.41) is 8.53. The number of para-hydroxylation sites is 1. The first-order valence-electron chi connectivity index (χ1n) is 6.83. The zero-order chi connectivity index (χ0) is 13.9. The summed E-state index contributed by atoms with van der Waals surface area (Å²) in [6.45, 7) is 3.02. The highest BCUT2D eigenvalue weighted by molar-refractivity contribution is 7.89. The molecule has 3 N–H and O–H groups in total. The summed E-state index contributed by atoms with van der Waals surface area (Å²) in [5.74, 6) is 0. The molecule has 1 fully saturated rings. The number of hydrogen-bond donors (Lipinski definition) is 2. The zero-order valence-corrected chi connectivity index (χ0v) is 12.2. The van der Waals surface area contributed by atoms with Gasteiger partial charge in [0.25, 0.3) is 0 Å². The van der Waals surface area contributed by atoms with Gasteiger partial charge in [0.05, 0.1) is 5.69 Å². The fourth-order valence-corrected chi connectivity index (χ4v) is 3.64. The third-order valence-electron chi connectivity index (χ3n) is 4.26. The standard InChI is InChI=1S/C14H22N2O2S/c1-2-14(9-5-6-10-14)11-16-12-7-3-4-8-13(12)19(15,17)18/h3-4,7-8,16H,2,5-6,9-11H2,1H3,(H2,15,17,18). The Morgan fingerprint density at radius 1 is 1.26 bits per heavy atom. The lowest BCUT2D eigenvalue weighted by molar-refractivity contribution is 0.306. The minimum atomic E-state index is -3.67. The molecule has 5 heteroatoms. The van der Waals surface area contributed by atoms with Crippen molar-refractivity contribution in [3.05, 3.63) is 24.3 Å². The van der Waals surface area contributed by atoms with Crippen molar-refractivity contribution in [2.75, 3.05) is 11.9 Å². The average molecular weight is 282 g/mol. The van der Waals surface area contributed by atoms with E-state index >= 15 is 0 Å². The van der Waals surface area contributed by atoms with E-state index < -0.39 is 10.0 Å². The number of anilines is 1. The van der Waals surface area contributed by atoms with Crippen LogP contribution in [0.5, 0.6) is 0 Å². The van der Waals surface area contributed by atoms with Crippen molar-refractivity contribution in [2.45, 2.75) is 43.9 Å². The maximum absolute atomic E-state index is 11.5. The molecule has 1 aromatic carbocycles. The summed E-state index contributed by atoms with van der Waals surface area (Å²) in [4.78, 5) is 0.180. The number of nitrogens with two attached hydrogens (primary N) is 1. The van der Waals surface area contributed by atoms with E-state index in [0.717, 1.165) is 13.0 Å². The monoisotopic (exact) mass is 282 g/mol. The second-order valence-corrected chi connectivity index (χ2v) is 6.99. The second-order valence-electron chi connectivity index (χ2n) is 5.46. The summed E-state index contributed by atoms with van der Waals surface area (Å²) in [7, 11) is -3.67. The molecule has 0 saturated heterocycles. The maximum atomic E-state index is 11.5. The Bertz CT molecular complexity index is 534. The third-order valence-corrected chi connectivity index (χ3v) is 5.23. The second kappa shape index (κ2) is 5.51. The van der Waals surface area contributed by atoms with Gasteiger partial charge in [0, 0.05) is 6.54 Å². The fourth-order valence-electron chi connectivity index (χ4n) is 2.92. The van der Waals surface area contributed by atoms with Crippen LogP contribution in [0.2, 0.25) is 0 Å². The number of sulfonamides is 1. The fraction of sp³-hybridized carbons (Fsp3) is 0.571. The number of rotatable bonds is 5. The Balaban J connectivity index is 2.16. The number of hydrogen-bond acceptors (Lipinski definition) is 3. The lowest BCUT2D eigenvalue weighted by Crippen LogP contribution is -2.27. The molecule has 2 rings (SSSR count). The van der Waals surface area contributed by atoms with Crippen molar-refractivity contribution >= 4 is 15.7 Å². The molecule has 1 aliphatic carbocycles. The van der Waals surface area contributed by atoms with Crippen LogP contribution in [0.15, 0.2) is 29.2 Å². The highest BCUT2D eigenvalue weighted by atomic mass is 32.2. The van der Waals surface area contributed by atoms with Crippen LogP contribution >= 0.6 is 0 Å². The molecule has 19 heavy (non-hydrogen) atoms. The van der Waals surface area contributed by atoms with E-state index in [0.29, 0.717) is 11.1 Å². The van der Waals surface area contributed by atoms with Crippen molar-refractivity contribution in [1.82, 2.24) is 0 Å². The SMILES string of the molecule is CCC1(CNc2ccccc2S(N)(=O)=O)CCCC1. The predicted octanol–water partition coefficient (Wildman–Crippen LogP) is 2.72. The maximum Gasteiger partial charge on any atom is 0.240 e. The van der Waals surface area contributed by atoms with E-state index in [2.05, 4.69) is 12.2 Å². The zero-order valence-electron chi connectivity index (χ0n) is 11.4. The third kappa shape index (κ3) is 3.28. The molecule has 0 aromatic heterocycles. The first-order valence-corrected chi connectivity index (χ1v) is 8.37. The molecule has 0 radical (unpaired) electrons. The van der Waals surface area contributed by atoms with E-state index in [9.17, 15) is 8.42 Å². The normalized spacial score (nSPS) is 18.4.